The van der Waals surface area contributed by atoms with E-state index in [4.69, 9.17) is 0 Å². The van der Waals surface area contributed by atoms with Gasteiger partial charge in [-0.3, -0.25) is 9.59 Å². The topological polar surface area (TPSA) is 66.4 Å². The molecule has 0 unspecified atom stereocenters. The van der Waals surface area contributed by atoms with E-state index in [1.807, 2.05) is 0 Å². The molecule has 0 amide bonds. The molecule has 1 aromatic carbocycles. The van der Waals surface area contributed by atoms with Crippen molar-refractivity contribution in [2.45, 2.75) is 32.6 Å². The summed E-state index contributed by atoms with van der Waals surface area (Å²) in [6, 6.07) is 4.55. The van der Waals surface area contributed by atoms with Crippen LogP contribution in [-0.4, -0.2) is 28.3 Å². The van der Waals surface area contributed by atoms with Gasteiger partial charge in [0.25, 0.3) is 0 Å². The largest absolute Gasteiger partial charge is 0.507 e. The Morgan fingerprint density at radius 1 is 1.18 bits per heavy atom. The van der Waals surface area contributed by atoms with Crippen LogP contribution in [0, 0.1) is 0 Å². The smallest absolute Gasteiger partial charge is 0.213 e. The summed E-state index contributed by atoms with van der Waals surface area (Å²) in [5, 5.41) is 12.8. The summed E-state index contributed by atoms with van der Waals surface area (Å²) in [5.74, 6) is 0.903. The Balaban J connectivity index is 1.89. The fraction of sp³-hybridized carbons (Fsp3) is 0.412. The first kappa shape index (κ1) is 16.6. The maximum Gasteiger partial charge on any atom is 0.213 e. The molecule has 5 heteroatoms. The highest BCUT2D eigenvalue weighted by Gasteiger charge is 2.27. The molecule has 0 atom stereocenters. The first-order valence-corrected chi connectivity index (χ1v) is 8.75. The Bertz CT molecular complexity index is 596. The van der Waals surface area contributed by atoms with Crippen LogP contribution in [0.2, 0.25) is 0 Å². The van der Waals surface area contributed by atoms with Crippen LogP contribution in [0.25, 0.3) is 0 Å². The molecule has 1 aliphatic carbocycles. The molecular formula is C17H21NO3S. The number of unbranched alkanes of at least 4 members (excludes halogenated alkanes) is 3. The van der Waals surface area contributed by atoms with E-state index in [1.54, 1.807) is 23.9 Å². The number of nitrogens with one attached hydrogen (secondary N) is 1. The molecular weight excluding hydrogens is 298 g/mol. The summed E-state index contributed by atoms with van der Waals surface area (Å²) >= 11 is 1.71. The second-order valence-electron chi connectivity index (χ2n) is 5.24. The average Bonchev–Trinajstić information content (AvgIpc) is 2.51. The van der Waals surface area contributed by atoms with Crippen LogP contribution >= 0.6 is 11.8 Å². The van der Waals surface area contributed by atoms with Crippen LogP contribution in [0.15, 0.2) is 30.0 Å². The van der Waals surface area contributed by atoms with Gasteiger partial charge in [-0.05, 0) is 18.2 Å². The molecule has 2 N–H and O–H groups in total. The van der Waals surface area contributed by atoms with E-state index < -0.39 is 0 Å². The van der Waals surface area contributed by atoms with Crippen LogP contribution in [-0.2, 0) is 0 Å². The van der Waals surface area contributed by atoms with Crippen molar-refractivity contribution in [3.8, 4) is 5.75 Å². The van der Waals surface area contributed by atoms with E-state index >= 15 is 0 Å². The number of hydrogen-bond donors (Lipinski definition) is 2. The normalized spacial score (nSPS) is 13.8. The Morgan fingerprint density at radius 2 is 2.00 bits per heavy atom. The van der Waals surface area contributed by atoms with Gasteiger partial charge < -0.3 is 10.4 Å². The maximum absolute atomic E-state index is 12.3. The van der Waals surface area contributed by atoms with Crippen LogP contribution in [0.1, 0.15) is 53.3 Å². The molecule has 0 fully saturated rings. The fourth-order valence-corrected chi connectivity index (χ4v) is 3.17. The zero-order chi connectivity index (χ0) is 15.9. The summed E-state index contributed by atoms with van der Waals surface area (Å²) in [6.45, 7) is 2.18. The number of rotatable bonds is 8. The van der Waals surface area contributed by atoms with Crippen LogP contribution < -0.4 is 5.32 Å². The number of ketones is 2. The number of Topliss-reactive ketones (excluding diaryl/α,β-unsaturated/α-hetero) is 1. The number of phenols is 1. The van der Waals surface area contributed by atoms with Gasteiger partial charge >= 0.3 is 0 Å². The summed E-state index contributed by atoms with van der Waals surface area (Å²) in [7, 11) is 0. The highest BCUT2D eigenvalue weighted by atomic mass is 32.2. The molecule has 0 aliphatic heterocycles. The second-order valence-corrected chi connectivity index (χ2v) is 6.35. The fourth-order valence-electron chi connectivity index (χ4n) is 2.36. The SMILES string of the molecule is CCCCCCSCNC1=CC(=O)c2cccc(O)c2C1=O. The Labute approximate surface area is 135 Å². The highest BCUT2D eigenvalue weighted by Crippen LogP contribution is 2.27. The predicted octanol–water partition coefficient (Wildman–Crippen LogP) is 3.52. The van der Waals surface area contributed by atoms with Crippen molar-refractivity contribution in [2.24, 2.45) is 0 Å². The number of aromatic hydroxyl groups is 1. The molecule has 4 nitrogen and oxygen atoms in total. The van der Waals surface area contributed by atoms with Crippen LogP contribution in [0.5, 0.6) is 5.75 Å². The van der Waals surface area contributed by atoms with Gasteiger partial charge in [-0.25, -0.2) is 0 Å². The lowest BCUT2D eigenvalue weighted by Gasteiger charge is -2.17. The van der Waals surface area contributed by atoms with E-state index in [2.05, 4.69) is 12.2 Å². The van der Waals surface area contributed by atoms with Gasteiger partial charge in [0.2, 0.25) is 5.78 Å². The molecule has 0 saturated carbocycles. The Hall–Kier alpha value is -1.75. The van der Waals surface area contributed by atoms with Gasteiger partial charge in [0, 0.05) is 11.6 Å². The lowest BCUT2D eigenvalue weighted by Crippen LogP contribution is -2.26. The maximum atomic E-state index is 12.3. The van der Waals surface area contributed by atoms with Crippen molar-refractivity contribution >= 4 is 23.3 Å². The zero-order valence-electron chi connectivity index (χ0n) is 12.7. The molecule has 0 bridgehead atoms. The average molecular weight is 319 g/mol. The van der Waals surface area contributed by atoms with E-state index in [9.17, 15) is 14.7 Å². The highest BCUT2D eigenvalue weighted by molar-refractivity contribution is 7.99. The van der Waals surface area contributed by atoms with E-state index in [0.29, 0.717) is 5.88 Å². The number of benzene rings is 1. The number of fused-ring (bicyclic) bond motifs is 1. The molecule has 1 aliphatic rings. The number of phenolic OH excluding ortho intramolecular Hbond substituents is 1. The van der Waals surface area contributed by atoms with Crippen molar-refractivity contribution in [2.75, 3.05) is 11.6 Å². The summed E-state index contributed by atoms with van der Waals surface area (Å²) in [6.07, 6.45) is 6.18. The minimum atomic E-state index is -0.320. The first-order chi connectivity index (χ1) is 10.6. The van der Waals surface area contributed by atoms with E-state index in [-0.39, 0.29) is 34.1 Å². The van der Waals surface area contributed by atoms with Gasteiger partial charge in [0.1, 0.15) is 5.75 Å². The molecule has 118 valence electrons. The molecule has 0 aromatic heterocycles. The predicted molar refractivity (Wildman–Crippen MR) is 89.5 cm³/mol. The molecule has 1 aromatic rings. The zero-order valence-corrected chi connectivity index (χ0v) is 13.5. The van der Waals surface area contributed by atoms with Crippen molar-refractivity contribution < 1.29 is 14.7 Å². The quantitative estimate of drug-likeness (QED) is 0.567. The molecule has 0 spiro atoms. The van der Waals surface area contributed by atoms with Gasteiger partial charge in [0.05, 0.1) is 17.1 Å². The summed E-state index contributed by atoms with van der Waals surface area (Å²) < 4.78 is 0. The minimum Gasteiger partial charge on any atom is -0.507 e. The number of hydrogen-bond acceptors (Lipinski definition) is 5. The second kappa shape index (κ2) is 8.03. The lowest BCUT2D eigenvalue weighted by molar-refractivity contribution is 0.0976. The van der Waals surface area contributed by atoms with E-state index in [0.717, 1.165) is 12.2 Å². The van der Waals surface area contributed by atoms with Crippen molar-refractivity contribution in [1.82, 2.24) is 5.32 Å². The Kier molecular flexibility index (Phi) is 6.07. The van der Waals surface area contributed by atoms with Crippen LogP contribution in [0.3, 0.4) is 0 Å². The number of carbonyl (C=O) groups excluding carboxylic acids is 2. The molecule has 22 heavy (non-hydrogen) atoms. The lowest BCUT2D eigenvalue weighted by atomic mass is 9.92. The molecule has 2 rings (SSSR count). The third kappa shape index (κ3) is 3.91. The number of thioether (sulfide) groups is 1. The monoisotopic (exact) mass is 319 g/mol. The minimum absolute atomic E-state index is 0.102. The van der Waals surface area contributed by atoms with Crippen molar-refractivity contribution in [3.63, 3.8) is 0 Å². The van der Waals surface area contributed by atoms with Crippen molar-refractivity contribution in [1.29, 1.82) is 0 Å². The standard InChI is InChI=1S/C17H21NO3S/c1-2-3-4-5-9-22-11-18-13-10-15(20)12-7-6-8-14(19)16(12)17(13)21/h6-8,10,18-19H,2-5,9,11H2,1H3. The summed E-state index contributed by atoms with van der Waals surface area (Å²) in [5.41, 5.74) is 0.633. The molecule has 0 heterocycles. The van der Waals surface area contributed by atoms with Gasteiger partial charge in [0.15, 0.2) is 5.78 Å². The van der Waals surface area contributed by atoms with Crippen LogP contribution in [0.4, 0.5) is 0 Å². The third-order valence-electron chi connectivity index (χ3n) is 3.56. The van der Waals surface area contributed by atoms with Gasteiger partial charge in [-0.15, -0.1) is 11.8 Å². The van der Waals surface area contributed by atoms with E-state index in [1.165, 1.54) is 31.4 Å². The Morgan fingerprint density at radius 3 is 2.77 bits per heavy atom. The van der Waals surface area contributed by atoms with Gasteiger partial charge in [-0.2, -0.15) is 0 Å². The third-order valence-corrected chi connectivity index (χ3v) is 4.49. The van der Waals surface area contributed by atoms with Gasteiger partial charge in [-0.1, -0.05) is 38.3 Å². The first-order valence-electron chi connectivity index (χ1n) is 7.59. The number of carbonyl (C=O) groups is 2. The number of allylic oxidation sites excluding steroid dienone is 2. The molecule has 0 saturated heterocycles. The molecule has 0 radical (unpaired) electrons. The van der Waals surface area contributed by atoms with Crippen molar-refractivity contribution in [3.05, 3.63) is 41.1 Å². The summed E-state index contributed by atoms with van der Waals surface area (Å²) in [4.78, 5) is 24.4.